The van der Waals surface area contributed by atoms with Crippen LogP contribution in [0.3, 0.4) is 0 Å². The van der Waals surface area contributed by atoms with E-state index < -0.39 is 9.84 Å². The van der Waals surface area contributed by atoms with Gasteiger partial charge in [0.1, 0.15) is 29.4 Å². The van der Waals surface area contributed by atoms with Gasteiger partial charge in [0.15, 0.2) is 9.84 Å². The summed E-state index contributed by atoms with van der Waals surface area (Å²) in [5.74, 6) is 2.06. The topological polar surface area (TPSA) is 99.6 Å². The predicted molar refractivity (Wildman–Crippen MR) is 107 cm³/mol. The summed E-state index contributed by atoms with van der Waals surface area (Å²) in [6.45, 7) is 1.60. The number of methoxy groups -OCH3 is 3. The molecule has 0 radical (unpaired) electrons. The Hall–Kier alpha value is -3.07. The van der Waals surface area contributed by atoms with Crippen LogP contribution in [0.5, 0.6) is 17.2 Å². The number of nitrogens with one attached hydrogen (secondary N) is 1. The van der Waals surface area contributed by atoms with Crippen LogP contribution in [0.25, 0.3) is 10.9 Å². The Kier molecular flexibility index (Phi) is 5.55. The molecule has 148 valence electrons. The molecule has 0 aliphatic carbocycles. The van der Waals surface area contributed by atoms with E-state index in [-0.39, 0.29) is 10.6 Å². The van der Waals surface area contributed by atoms with Crippen molar-refractivity contribution in [3.8, 4) is 17.2 Å². The summed E-state index contributed by atoms with van der Waals surface area (Å²) in [6, 6.07) is 8.15. The van der Waals surface area contributed by atoms with Gasteiger partial charge in [0.05, 0.1) is 48.6 Å². The van der Waals surface area contributed by atoms with Gasteiger partial charge in [-0.05, 0) is 18.2 Å². The highest BCUT2D eigenvalue weighted by molar-refractivity contribution is 7.91. The van der Waals surface area contributed by atoms with Crippen molar-refractivity contribution >= 4 is 32.2 Å². The zero-order valence-electron chi connectivity index (χ0n) is 16.0. The minimum absolute atomic E-state index is 0.00280. The lowest BCUT2D eigenvalue weighted by Crippen LogP contribution is -2.06. The predicted octanol–water partition coefficient (Wildman–Crippen LogP) is 3.19. The monoisotopic (exact) mass is 403 g/mol. The van der Waals surface area contributed by atoms with Crippen molar-refractivity contribution in [1.82, 2.24) is 9.97 Å². The number of anilines is 2. The van der Waals surface area contributed by atoms with Crippen LogP contribution < -0.4 is 19.5 Å². The van der Waals surface area contributed by atoms with Gasteiger partial charge >= 0.3 is 0 Å². The highest BCUT2D eigenvalue weighted by Gasteiger charge is 2.17. The number of aromatic nitrogens is 2. The summed E-state index contributed by atoms with van der Waals surface area (Å²) < 4.78 is 40.6. The van der Waals surface area contributed by atoms with Crippen molar-refractivity contribution in [2.24, 2.45) is 0 Å². The molecular weight excluding hydrogens is 382 g/mol. The van der Waals surface area contributed by atoms with Crippen LogP contribution in [-0.4, -0.2) is 45.5 Å². The Morgan fingerprint density at radius 3 is 2.36 bits per heavy atom. The molecule has 3 rings (SSSR count). The van der Waals surface area contributed by atoms with Gasteiger partial charge < -0.3 is 19.5 Å². The van der Waals surface area contributed by atoms with Crippen molar-refractivity contribution in [3.05, 3.63) is 36.7 Å². The van der Waals surface area contributed by atoms with Crippen LogP contribution >= 0.6 is 0 Å². The zero-order valence-corrected chi connectivity index (χ0v) is 16.8. The largest absolute Gasteiger partial charge is 0.497 e. The first kappa shape index (κ1) is 19.7. The van der Waals surface area contributed by atoms with Crippen molar-refractivity contribution < 1.29 is 22.6 Å². The average molecular weight is 403 g/mol. The fourth-order valence-corrected chi connectivity index (χ4v) is 3.68. The van der Waals surface area contributed by atoms with Gasteiger partial charge in [-0.1, -0.05) is 6.92 Å². The third kappa shape index (κ3) is 3.65. The summed E-state index contributed by atoms with van der Waals surface area (Å²) in [5, 5.41) is 3.79. The lowest BCUT2D eigenvalue weighted by Gasteiger charge is -2.15. The Balaban J connectivity index is 2.16. The van der Waals surface area contributed by atoms with Gasteiger partial charge in [-0.3, -0.25) is 0 Å². The maximum Gasteiger partial charge on any atom is 0.178 e. The lowest BCUT2D eigenvalue weighted by molar-refractivity contribution is 0.398. The molecule has 0 saturated heterocycles. The summed E-state index contributed by atoms with van der Waals surface area (Å²) in [6.07, 6.45) is 1.41. The Labute approximate surface area is 163 Å². The van der Waals surface area contributed by atoms with E-state index >= 15 is 0 Å². The van der Waals surface area contributed by atoms with Crippen molar-refractivity contribution in [2.75, 3.05) is 32.4 Å². The number of benzene rings is 2. The number of rotatable bonds is 7. The summed E-state index contributed by atoms with van der Waals surface area (Å²) in [4.78, 5) is 8.78. The number of ether oxygens (including phenoxy) is 3. The van der Waals surface area contributed by atoms with Crippen LogP contribution in [0.1, 0.15) is 6.92 Å². The fraction of sp³-hybridized carbons (Fsp3) is 0.263. The van der Waals surface area contributed by atoms with Gasteiger partial charge in [-0.2, -0.15) is 0 Å². The van der Waals surface area contributed by atoms with Crippen molar-refractivity contribution in [3.63, 3.8) is 0 Å². The highest BCUT2D eigenvalue weighted by atomic mass is 32.2. The van der Waals surface area contributed by atoms with Crippen LogP contribution in [0.4, 0.5) is 11.5 Å². The molecule has 2 aromatic carbocycles. The molecule has 1 aromatic heterocycles. The molecule has 9 heteroatoms. The molecule has 0 fully saturated rings. The first-order valence-corrected chi connectivity index (χ1v) is 10.1. The maximum absolute atomic E-state index is 12.3. The van der Waals surface area contributed by atoms with E-state index in [9.17, 15) is 8.42 Å². The molecule has 0 atom stereocenters. The summed E-state index contributed by atoms with van der Waals surface area (Å²) >= 11 is 0. The SMILES string of the molecule is CCS(=O)(=O)c1ccc(OC)c(Nc2ncnc3cc(OC)cc(OC)c23)c1. The lowest BCUT2D eigenvalue weighted by atomic mass is 10.2. The smallest absolute Gasteiger partial charge is 0.178 e. The average Bonchev–Trinajstić information content (AvgIpc) is 2.72. The number of fused-ring (bicyclic) bond motifs is 1. The summed E-state index contributed by atoms with van der Waals surface area (Å²) in [5.41, 5.74) is 1.08. The molecule has 0 aliphatic rings. The van der Waals surface area contributed by atoms with E-state index in [4.69, 9.17) is 14.2 Å². The molecular formula is C19H21N3O5S. The Bertz CT molecular complexity index is 1120. The van der Waals surface area contributed by atoms with Crippen LogP contribution in [0.2, 0.25) is 0 Å². The van der Waals surface area contributed by atoms with Crippen LogP contribution in [0, 0.1) is 0 Å². The highest BCUT2D eigenvalue weighted by Crippen LogP contribution is 2.37. The molecule has 0 spiro atoms. The first-order valence-electron chi connectivity index (χ1n) is 8.48. The van der Waals surface area contributed by atoms with Gasteiger partial charge in [-0.15, -0.1) is 0 Å². The molecule has 1 heterocycles. The second kappa shape index (κ2) is 7.89. The minimum Gasteiger partial charge on any atom is -0.497 e. The van der Waals surface area contributed by atoms with E-state index in [1.54, 1.807) is 39.3 Å². The van der Waals surface area contributed by atoms with E-state index in [2.05, 4.69) is 15.3 Å². The van der Waals surface area contributed by atoms with E-state index in [1.165, 1.54) is 25.6 Å². The van der Waals surface area contributed by atoms with E-state index in [1.807, 2.05) is 0 Å². The summed E-state index contributed by atoms with van der Waals surface area (Å²) in [7, 11) is 1.24. The number of sulfone groups is 1. The molecule has 0 bridgehead atoms. The molecule has 0 saturated carbocycles. The zero-order chi connectivity index (χ0) is 20.3. The van der Waals surface area contributed by atoms with Crippen molar-refractivity contribution in [2.45, 2.75) is 11.8 Å². The molecule has 0 aliphatic heterocycles. The third-order valence-corrected chi connectivity index (χ3v) is 6.03. The van der Waals surface area contributed by atoms with Crippen LogP contribution in [-0.2, 0) is 9.84 Å². The molecule has 0 amide bonds. The van der Waals surface area contributed by atoms with Crippen LogP contribution in [0.15, 0.2) is 41.6 Å². The van der Waals surface area contributed by atoms with Gasteiger partial charge in [0.25, 0.3) is 0 Å². The Morgan fingerprint density at radius 2 is 1.71 bits per heavy atom. The fourth-order valence-electron chi connectivity index (χ4n) is 2.78. The normalized spacial score (nSPS) is 11.3. The van der Waals surface area contributed by atoms with E-state index in [0.717, 1.165) is 0 Å². The standard InChI is InChI=1S/C19H21N3O5S/c1-5-28(23,24)13-6-7-16(26-3)14(10-13)22-19-18-15(20-11-21-19)8-12(25-2)9-17(18)27-4/h6-11H,5H2,1-4H3,(H,20,21,22). The van der Waals surface area contributed by atoms with E-state index in [0.29, 0.717) is 39.7 Å². The second-order valence-corrected chi connectivity index (χ2v) is 8.11. The van der Waals surface area contributed by atoms with Gasteiger partial charge in [0, 0.05) is 12.1 Å². The Morgan fingerprint density at radius 1 is 0.964 bits per heavy atom. The number of hydrogen-bond acceptors (Lipinski definition) is 8. The second-order valence-electron chi connectivity index (χ2n) is 5.84. The number of nitrogens with zero attached hydrogens (tertiary/aromatic N) is 2. The van der Waals surface area contributed by atoms with Crippen molar-refractivity contribution in [1.29, 1.82) is 0 Å². The first-order chi connectivity index (χ1) is 13.4. The molecule has 0 unspecified atom stereocenters. The minimum atomic E-state index is -3.37. The molecule has 28 heavy (non-hydrogen) atoms. The quantitative estimate of drug-likeness (QED) is 0.642. The van der Waals surface area contributed by atoms with Gasteiger partial charge in [0.2, 0.25) is 0 Å². The maximum atomic E-state index is 12.3. The van der Waals surface area contributed by atoms with Gasteiger partial charge in [-0.25, -0.2) is 18.4 Å². The number of hydrogen-bond donors (Lipinski definition) is 1. The molecule has 8 nitrogen and oxygen atoms in total. The third-order valence-electron chi connectivity index (χ3n) is 4.29. The molecule has 3 aromatic rings. The molecule has 1 N–H and O–H groups in total.